The molecule has 0 radical (unpaired) electrons. The molecule has 4 heteroatoms. The number of pyridine rings is 1. The molecule has 0 bridgehead atoms. The van der Waals surface area contributed by atoms with Crippen molar-refractivity contribution in [1.29, 1.82) is 5.26 Å². The molecule has 0 aliphatic rings. The molecule has 0 aromatic carbocycles. The first-order valence-corrected chi connectivity index (χ1v) is 6.42. The van der Waals surface area contributed by atoms with Gasteiger partial charge < -0.3 is 5.73 Å². The van der Waals surface area contributed by atoms with Gasteiger partial charge in [0.15, 0.2) is 0 Å². The highest BCUT2D eigenvalue weighted by Gasteiger charge is 2.20. The van der Waals surface area contributed by atoms with E-state index in [2.05, 4.69) is 11.1 Å². The molecule has 1 aromatic rings. The Hall–Kier alpha value is -1.05. The number of rotatable bonds is 6. The Kier molecular flexibility index (Phi) is 5.30. The van der Waals surface area contributed by atoms with E-state index in [1.807, 2.05) is 19.1 Å². The molecule has 1 heterocycles. The second-order valence-electron chi connectivity index (χ2n) is 3.76. The molecular formula is C12H17N3S. The van der Waals surface area contributed by atoms with Gasteiger partial charge in [0.05, 0.1) is 6.07 Å². The van der Waals surface area contributed by atoms with Crippen LogP contribution in [0.2, 0.25) is 0 Å². The van der Waals surface area contributed by atoms with Gasteiger partial charge in [0.2, 0.25) is 0 Å². The Morgan fingerprint density at radius 2 is 2.19 bits per heavy atom. The van der Waals surface area contributed by atoms with Gasteiger partial charge in [-0.1, -0.05) is 6.92 Å². The third kappa shape index (κ3) is 4.21. The lowest BCUT2D eigenvalue weighted by Crippen LogP contribution is -2.37. The first kappa shape index (κ1) is 13.0. The zero-order valence-electron chi connectivity index (χ0n) is 9.52. The third-order valence-electron chi connectivity index (χ3n) is 2.54. The topological polar surface area (TPSA) is 62.7 Å². The molecule has 0 saturated carbocycles. The molecule has 1 aromatic heterocycles. The van der Waals surface area contributed by atoms with Gasteiger partial charge in [-0.25, -0.2) is 0 Å². The Bertz CT molecular complexity index is 347. The summed E-state index contributed by atoms with van der Waals surface area (Å²) in [6.07, 6.45) is 6.01. The van der Waals surface area contributed by atoms with E-state index in [0.717, 1.165) is 18.6 Å². The second kappa shape index (κ2) is 6.51. The number of hydrogen-bond acceptors (Lipinski definition) is 4. The molecular weight excluding hydrogens is 218 g/mol. The lowest BCUT2D eigenvalue weighted by molar-refractivity contribution is 0.478. The predicted molar refractivity (Wildman–Crippen MR) is 67.0 cm³/mol. The van der Waals surface area contributed by atoms with Crippen LogP contribution in [0.15, 0.2) is 29.4 Å². The minimum atomic E-state index is -0.640. The third-order valence-corrected chi connectivity index (χ3v) is 3.64. The van der Waals surface area contributed by atoms with Crippen LogP contribution >= 0.6 is 11.8 Å². The van der Waals surface area contributed by atoms with Crippen LogP contribution in [-0.4, -0.2) is 16.3 Å². The first-order valence-electron chi connectivity index (χ1n) is 5.43. The van der Waals surface area contributed by atoms with Crippen molar-refractivity contribution in [2.45, 2.75) is 36.6 Å². The second-order valence-corrected chi connectivity index (χ2v) is 4.92. The Morgan fingerprint density at radius 1 is 1.50 bits per heavy atom. The SMILES string of the molecule is CCC(N)(C#N)CCCSc1ccncc1. The van der Waals surface area contributed by atoms with E-state index in [9.17, 15) is 0 Å². The van der Waals surface area contributed by atoms with Gasteiger partial charge in [-0.2, -0.15) is 5.26 Å². The molecule has 0 amide bonds. The Morgan fingerprint density at radius 3 is 2.75 bits per heavy atom. The zero-order chi connectivity index (χ0) is 11.9. The van der Waals surface area contributed by atoms with Crippen LogP contribution in [0.1, 0.15) is 26.2 Å². The lowest BCUT2D eigenvalue weighted by Gasteiger charge is -2.18. The molecule has 0 aliphatic carbocycles. The number of nitrogens with two attached hydrogens (primary N) is 1. The van der Waals surface area contributed by atoms with Crippen LogP contribution in [0, 0.1) is 11.3 Å². The Labute approximate surface area is 101 Å². The molecule has 0 saturated heterocycles. The van der Waals surface area contributed by atoms with Gasteiger partial charge in [0.25, 0.3) is 0 Å². The Balaban J connectivity index is 2.25. The predicted octanol–water partition coefficient (Wildman–Crippen LogP) is 2.58. The van der Waals surface area contributed by atoms with E-state index in [-0.39, 0.29) is 0 Å². The van der Waals surface area contributed by atoms with Crippen LogP contribution in [0.5, 0.6) is 0 Å². The molecule has 0 spiro atoms. The highest BCUT2D eigenvalue weighted by Crippen LogP contribution is 2.20. The van der Waals surface area contributed by atoms with Crippen molar-refractivity contribution in [3.8, 4) is 6.07 Å². The number of thioether (sulfide) groups is 1. The number of hydrogen-bond donors (Lipinski definition) is 1. The maximum absolute atomic E-state index is 8.91. The maximum atomic E-state index is 8.91. The van der Waals surface area contributed by atoms with Crippen LogP contribution in [0.3, 0.4) is 0 Å². The van der Waals surface area contributed by atoms with Crippen molar-refractivity contribution in [1.82, 2.24) is 4.98 Å². The standard InChI is InChI=1S/C12H17N3S/c1-2-12(14,10-13)6-3-9-16-11-4-7-15-8-5-11/h4-5,7-8H,2-3,6,9,14H2,1H3. The summed E-state index contributed by atoms with van der Waals surface area (Å²) in [5, 5.41) is 8.91. The summed E-state index contributed by atoms with van der Waals surface area (Å²) in [6.45, 7) is 1.96. The molecule has 1 rings (SSSR count). The molecule has 2 N–H and O–H groups in total. The van der Waals surface area contributed by atoms with Crippen LogP contribution < -0.4 is 5.73 Å². The van der Waals surface area contributed by atoms with Crippen LogP contribution in [0.4, 0.5) is 0 Å². The van der Waals surface area contributed by atoms with Gasteiger partial charge >= 0.3 is 0 Å². The summed E-state index contributed by atoms with van der Waals surface area (Å²) < 4.78 is 0. The normalized spacial score (nSPS) is 14.1. The fourth-order valence-corrected chi connectivity index (χ4v) is 2.16. The number of nitrogens with zero attached hydrogens (tertiary/aromatic N) is 2. The summed E-state index contributed by atoms with van der Waals surface area (Å²) in [5.74, 6) is 0.991. The van der Waals surface area contributed by atoms with Crippen molar-refractivity contribution in [2.75, 3.05) is 5.75 Å². The molecule has 16 heavy (non-hydrogen) atoms. The minimum absolute atomic E-state index is 0.640. The van der Waals surface area contributed by atoms with E-state index in [1.54, 1.807) is 24.2 Å². The van der Waals surface area contributed by atoms with Gasteiger partial charge in [-0.15, -0.1) is 11.8 Å². The summed E-state index contributed by atoms with van der Waals surface area (Å²) in [4.78, 5) is 5.18. The van der Waals surface area contributed by atoms with Crippen molar-refractivity contribution in [3.05, 3.63) is 24.5 Å². The molecule has 1 atom stereocenters. The highest BCUT2D eigenvalue weighted by molar-refractivity contribution is 7.99. The summed E-state index contributed by atoms with van der Waals surface area (Å²) in [7, 11) is 0. The summed E-state index contributed by atoms with van der Waals surface area (Å²) in [5.41, 5.74) is 5.26. The molecule has 3 nitrogen and oxygen atoms in total. The average Bonchev–Trinajstić information content (AvgIpc) is 2.36. The van der Waals surface area contributed by atoms with Crippen molar-refractivity contribution in [3.63, 3.8) is 0 Å². The van der Waals surface area contributed by atoms with Crippen molar-refractivity contribution >= 4 is 11.8 Å². The van der Waals surface area contributed by atoms with E-state index in [1.165, 1.54) is 4.90 Å². The summed E-state index contributed by atoms with van der Waals surface area (Å²) in [6, 6.07) is 6.17. The quantitative estimate of drug-likeness (QED) is 0.608. The van der Waals surface area contributed by atoms with Crippen molar-refractivity contribution < 1.29 is 0 Å². The first-order chi connectivity index (χ1) is 7.70. The van der Waals surface area contributed by atoms with E-state index < -0.39 is 5.54 Å². The van der Waals surface area contributed by atoms with E-state index >= 15 is 0 Å². The average molecular weight is 235 g/mol. The van der Waals surface area contributed by atoms with Crippen LogP contribution in [-0.2, 0) is 0 Å². The largest absolute Gasteiger partial charge is 0.313 e. The molecule has 1 unspecified atom stereocenters. The fourth-order valence-electron chi connectivity index (χ4n) is 1.32. The van der Waals surface area contributed by atoms with Crippen molar-refractivity contribution in [2.24, 2.45) is 5.73 Å². The lowest BCUT2D eigenvalue weighted by atomic mass is 9.94. The molecule has 0 fully saturated rings. The van der Waals surface area contributed by atoms with E-state index in [0.29, 0.717) is 6.42 Å². The fraction of sp³-hybridized carbons (Fsp3) is 0.500. The molecule has 86 valence electrons. The van der Waals surface area contributed by atoms with E-state index in [4.69, 9.17) is 11.0 Å². The smallest absolute Gasteiger partial charge is 0.104 e. The monoisotopic (exact) mass is 235 g/mol. The zero-order valence-corrected chi connectivity index (χ0v) is 10.3. The van der Waals surface area contributed by atoms with Gasteiger partial charge in [0.1, 0.15) is 5.54 Å². The minimum Gasteiger partial charge on any atom is -0.313 e. The summed E-state index contributed by atoms with van der Waals surface area (Å²) >= 11 is 1.78. The number of aromatic nitrogens is 1. The maximum Gasteiger partial charge on any atom is 0.104 e. The van der Waals surface area contributed by atoms with Crippen LogP contribution in [0.25, 0.3) is 0 Å². The number of nitriles is 1. The van der Waals surface area contributed by atoms with Gasteiger partial charge in [-0.3, -0.25) is 4.98 Å². The van der Waals surface area contributed by atoms with Gasteiger partial charge in [0, 0.05) is 17.3 Å². The molecule has 0 aliphatic heterocycles. The highest BCUT2D eigenvalue weighted by atomic mass is 32.2. The van der Waals surface area contributed by atoms with Gasteiger partial charge in [-0.05, 0) is 37.1 Å².